The Bertz CT molecular complexity index is 3160. The zero-order valence-corrected chi connectivity index (χ0v) is 40.7. The molecule has 0 atom stereocenters. The zero-order chi connectivity index (χ0) is 45.5. The Morgan fingerprint density at radius 1 is 0.516 bits per heavy atom. The molecule has 2 aliphatic rings. The van der Waals surface area contributed by atoms with Gasteiger partial charge in [0.1, 0.15) is 11.2 Å². The topological polar surface area (TPSA) is 32.8 Å². The molecule has 5 heteroatoms. The minimum Gasteiger partial charge on any atom is -0.468 e. The van der Waals surface area contributed by atoms with Gasteiger partial charge in [0, 0.05) is 33.4 Å². The molecule has 0 amide bonds. The fourth-order valence-corrected chi connectivity index (χ4v) is 10.6. The molecule has 0 unspecified atom stereocenters. The third-order valence-corrected chi connectivity index (χ3v) is 14.2. The van der Waals surface area contributed by atoms with Crippen LogP contribution in [0.4, 0.5) is 34.1 Å². The van der Waals surface area contributed by atoms with Gasteiger partial charge in [-0.05, 0) is 147 Å². The third-order valence-electron chi connectivity index (χ3n) is 14.2. The highest BCUT2D eigenvalue weighted by molar-refractivity contribution is 7.00. The van der Waals surface area contributed by atoms with Gasteiger partial charge in [0.2, 0.25) is 0 Å². The van der Waals surface area contributed by atoms with Crippen molar-refractivity contribution in [3.8, 4) is 11.1 Å². The number of fused-ring (bicyclic) bond motifs is 7. The van der Waals surface area contributed by atoms with Crippen LogP contribution in [0.3, 0.4) is 0 Å². The molecule has 0 N–H and O–H groups in total. The Kier molecular flexibility index (Phi) is 9.38. The van der Waals surface area contributed by atoms with Gasteiger partial charge in [-0.3, -0.25) is 0 Å². The van der Waals surface area contributed by atoms with Crippen LogP contribution >= 0.6 is 0 Å². The lowest BCUT2D eigenvalue weighted by Crippen LogP contribution is -2.61. The average Bonchev–Trinajstić information content (AvgIpc) is 3.82. The molecule has 8 aromatic rings. The van der Waals surface area contributed by atoms with Gasteiger partial charge in [0.25, 0.3) is 6.71 Å². The molecule has 0 bridgehead atoms. The van der Waals surface area contributed by atoms with Crippen LogP contribution in [-0.2, 0) is 16.2 Å². The molecule has 0 spiro atoms. The maximum Gasteiger partial charge on any atom is 0.297 e. The summed E-state index contributed by atoms with van der Waals surface area (Å²) in [6, 6.07) is 37.0. The number of hydrogen-bond acceptors (Lipinski definition) is 4. The molecule has 0 saturated carbocycles. The van der Waals surface area contributed by atoms with E-state index in [-0.39, 0.29) is 28.9 Å². The molecule has 64 heavy (non-hydrogen) atoms. The Morgan fingerprint density at radius 3 is 1.66 bits per heavy atom. The molecule has 2 aromatic heterocycles. The van der Waals surface area contributed by atoms with Crippen molar-refractivity contribution in [3.05, 3.63) is 148 Å². The summed E-state index contributed by atoms with van der Waals surface area (Å²) in [6.07, 6.45) is 1.93. The van der Waals surface area contributed by atoms with Crippen LogP contribution < -0.4 is 26.4 Å². The van der Waals surface area contributed by atoms with Crippen molar-refractivity contribution in [1.82, 2.24) is 0 Å². The van der Waals surface area contributed by atoms with E-state index in [9.17, 15) is 0 Å². The van der Waals surface area contributed by atoms with Crippen molar-refractivity contribution in [2.75, 3.05) is 9.80 Å². The van der Waals surface area contributed by atoms with Gasteiger partial charge < -0.3 is 18.6 Å². The van der Waals surface area contributed by atoms with E-state index in [1.54, 1.807) is 0 Å². The van der Waals surface area contributed by atoms with Gasteiger partial charge in [-0.2, -0.15) is 0 Å². The highest BCUT2D eigenvalue weighted by atomic mass is 16.3. The number of hydrogen-bond donors (Lipinski definition) is 0. The Labute approximate surface area is 381 Å². The monoisotopic (exact) mass is 842 g/mol. The number of aryl methyl sites for hydroxylation is 4. The summed E-state index contributed by atoms with van der Waals surface area (Å²) in [5.41, 5.74) is 25.0. The molecule has 4 nitrogen and oxygen atoms in total. The van der Waals surface area contributed by atoms with Crippen molar-refractivity contribution in [2.24, 2.45) is 0 Å². The highest BCUT2D eigenvalue weighted by Crippen LogP contribution is 2.51. The first kappa shape index (κ1) is 42.0. The van der Waals surface area contributed by atoms with Crippen molar-refractivity contribution < 1.29 is 8.83 Å². The number of para-hydroxylation sites is 1. The molecule has 0 radical (unpaired) electrons. The van der Waals surface area contributed by atoms with E-state index < -0.39 is 0 Å². The average molecular weight is 843 g/mol. The predicted molar refractivity (Wildman–Crippen MR) is 275 cm³/mol. The highest BCUT2D eigenvalue weighted by Gasteiger charge is 2.48. The van der Waals surface area contributed by atoms with Crippen LogP contribution in [0.2, 0.25) is 0 Å². The summed E-state index contributed by atoms with van der Waals surface area (Å²) in [5.74, 6) is 0.277. The Hall–Kier alpha value is -5.94. The molecular weight excluding hydrogens is 779 g/mol. The number of nitrogens with zero attached hydrogens (tertiary/aromatic N) is 2. The van der Waals surface area contributed by atoms with E-state index >= 15 is 0 Å². The standard InChI is InChI=1S/C59H63BN2O2/c1-33(2)39-29-48-52-49(30-39)62(54-36(5)26-42(27-37(54)6)59(13,14)15)55-44-31-40(57(7,8)9)21-23-51(44)64-56(55)60(52)46-22-20-38(45-32-63-50-19-17-16-18-43(45)50)28-47(46)61(48)53-34(3)24-41(25-35(53)4)58(10,11)12/h16-33H,1-15H3. The third kappa shape index (κ3) is 6.47. The smallest absolute Gasteiger partial charge is 0.297 e. The van der Waals surface area contributed by atoms with Crippen LogP contribution in [0, 0.1) is 27.7 Å². The summed E-state index contributed by atoms with van der Waals surface area (Å²) in [7, 11) is 0. The lowest BCUT2D eigenvalue weighted by Gasteiger charge is -2.44. The van der Waals surface area contributed by atoms with Crippen LogP contribution in [0.15, 0.2) is 112 Å². The first-order valence-corrected chi connectivity index (χ1v) is 23.3. The molecule has 10 rings (SSSR count). The SMILES string of the molecule is Cc1cc(C(C)(C)C)cc(C)c1N1c2cc(-c3coc4ccccc34)ccc2B2c3oc4ccc(C(C)(C)C)cc4c3N(c3c(C)cc(C(C)(C)C)cc3C)c3cc(C(C)C)cc1c32. The van der Waals surface area contributed by atoms with E-state index in [1.165, 1.54) is 83.9 Å². The fourth-order valence-electron chi connectivity index (χ4n) is 10.6. The van der Waals surface area contributed by atoms with E-state index in [2.05, 4.69) is 205 Å². The van der Waals surface area contributed by atoms with Crippen LogP contribution in [0.1, 0.15) is 127 Å². The lowest BCUT2D eigenvalue weighted by molar-refractivity contribution is 0.589. The van der Waals surface area contributed by atoms with Gasteiger partial charge >= 0.3 is 0 Å². The normalized spacial score (nSPS) is 13.9. The van der Waals surface area contributed by atoms with Crippen LogP contribution in [-0.4, -0.2) is 6.71 Å². The predicted octanol–water partition coefficient (Wildman–Crippen LogP) is 15.2. The lowest BCUT2D eigenvalue weighted by atomic mass is 9.35. The zero-order valence-electron chi connectivity index (χ0n) is 40.7. The maximum absolute atomic E-state index is 7.38. The number of anilines is 6. The molecule has 0 aliphatic carbocycles. The second-order valence-electron chi connectivity index (χ2n) is 22.3. The first-order chi connectivity index (χ1) is 30.1. The molecule has 0 fully saturated rings. The van der Waals surface area contributed by atoms with Crippen molar-refractivity contribution in [2.45, 2.75) is 126 Å². The molecule has 324 valence electrons. The minimum atomic E-state index is -0.159. The fraction of sp³-hybridized carbons (Fsp3) is 0.322. The van der Waals surface area contributed by atoms with Gasteiger partial charge in [-0.15, -0.1) is 0 Å². The summed E-state index contributed by atoms with van der Waals surface area (Å²) < 4.78 is 13.6. The first-order valence-electron chi connectivity index (χ1n) is 23.3. The molecule has 2 aliphatic heterocycles. The summed E-state index contributed by atoms with van der Waals surface area (Å²) in [6.45, 7) is 34.5. The van der Waals surface area contributed by atoms with Gasteiger partial charge in [-0.1, -0.05) is 137 Å². The summed E-state index contributed by atoms with van der Waals surface area (Å²) in [5, 5.41) is 2.26. The number of benzene rings is 6. The number of rotatable bonds is 4. The van der Waals surface area contributed by atoms with Gasteiger partial charge in [0.15, 0.2) is 0 Å². The van der Waals surface area contributed by atoms with E-state index in [0.717, 1.165) is 44.4 Å². The van der Waals surface area contributed by atoms with E-state index in [4.69, 9.17) is 8.83 Å². The van der Waals surface area contributed by atoms with E-state index in [0.29, 0.717) is 0 Å². The van der Waals surface area contributed by atoms with Crippen molar-refractivity contribution >= 4 is 79.4 Å². The largest absolute Gasteiger partial charge is 0.468 e. The van der Waals surface area contributed by atoms with Gasteiger partial charge in [0.05, 0.1) is 29.0 Å². The van der Waals surface area contributed by atoms with Gasteiger partial charge in [-0.25, -0.2) is 0 Å². The second kappa shape index (κ2) is 14.3. The minimum absolute atomic E-state index is 0.00842. The number of furan rings is 2. The van der Waals surface area contributed by atoms with Crippen LogP contribution in [0.25, 0.3) is 33.1 Å². The second-order valence-corrected chi connectivity index (χ2v) is 22.3. The Balaban J connectivity index is 1.36. The summed E-state index contributed by atoms with van der Waals surface area (Å²) >= 11 is 0. The molecule has 0 saturated heterocycles. The van der Waals surface area contributed by atoms with Crippen LogP contribution in [0.5, 0.6) is 0 Å². The Morgan fingerprint density at radius 2 is 1.08 bits per heavy atom. The molecular formula is C59H63BN2O2. The van der Waals surface area contributed by atoms with E-state index in [1.807, 2.05) is 12.3 Å². The maximum atomic E-state index is 7.38. The van der Waals surface area contributed by atoms with Crippen molar-refractivity contribution in [3.63, 3.8) is 0 Å². The molecule has 4 heterocycles. The quantitative estimate of drug-likeness (QED) is 0.165. The summed E-state index contributed by atoms with van der Waals surface area (Å²) in [4.78, 5) is 5.20. The van der Waals surface area contributed by atoms with Crippen molar-refractivity contribution in [1.29, 1.82) is 0 Å². The molecule has 6 aromatic carbocycles.